The van der Waals surface area contributed by atoms with E-state index in [4.69, 9.17) is 0 Å². The summed E-state index contributed by atoms with van der Waals surface area (Å²) in [5, 5.41) is 7.24. The highest BCUT2D eigenvalue weighted by atomic mass is 79.9. The van der Waals surface area contributed by atoms with E-state index >= 15 is 0 Å². The summed E-state index contributed by atoms with van der Waals surface area (Å²) in [7, 11) is 1.69. The summed E-state index contributed by atoms with van der Waals surface area (Å²) in [5.41, 5.74) is 1.27. The summed E-state index contributed by atoms with van der Waals surface area (Å²) in [4.78, 5) is 43.2. The van der Waals surface area contributed by atoms with Gasteiger partial charge in [0.05, 0.1) is 11.4 Å². The number of benzene rings is 1. The topological polar surface area (TPSA) is 102 Å². The Morgan fingerprint density at radius 1 is 1.29 bits per heavy atom. The maximum absolute atomic E-state index is 12.7. The van der Waals surface area contributed by atoms with E-state index in [9.17, 15) is 14.4 Å². The molecule has 0 bridgehead atoms. The van der Waals surface area contributed by atoms with Crippen LogP contribution in [0.4, 0.5) is 11.4 Å². The molecule has 0 radical (unpaired) electrons. The number of fused-ring (bicyclic) bond motifs is 1. The second-order valence-electron chi connectivity index (χ2n) is 6.50. The minimum Gasteiger partial charge on any atom is -0.323 e. The maximum atomic E-state index is 12.7. The van der Waals surface area contributed by atoms with Crippen molar-refractivity contribution in [3.8, 4) is 0 Å². The van der Waals surface area contributed by atoms with Crippen LogP contribution < -0.4 is 15.8 Å². The molecule has 144 valence electrons. The van der Waals surface area contributed by atoms with Crippen molar-refractivity contribution in [2.75, 3.05) is 16.8 Å². The molecule has 2 aromatic heterocycles. The van der Waals surface area contributed by atoms with E-state index < -0.39 is 0 Å². The van der Waals surface area contributed by atoms with E-state index in [0.717, 1.165) is 6.42 Å². The van der Waals surface area contributed by atoms with Crippen LogP contribution in [0.1, 0.15) is 12.8 Å². The van der Waals surface area contributed by atoms with Crippen molar-refractivity contribution in [3.63, 3.8) is 0 Å². The third-order valence-corrected chi connectivity index (χ3v) is 5.18. The van der Waals surface area contributed by atoms with Gasteiger partial charge in [-0.1, -0.05) is 12.1 Å². The van der Waals surface area contributed by atoms with Crippen LogP contribution in [-0.2, 0) is 23.2 Å². The molecule has 3 heterocycles. The first-order valence-corrected chi connectivity index (χ1v) is 9.52. The number of nitrogens with zero attached hydrogens (tertiary/aromatic N) is 5. The van der Waals surface area contributed by atoms with E-state index in [0.29, 0.717) is 40.0 Å². The third-order valence-electron chi connectivity index (χ3n) is 4.62. The second kappa shape index (κ2) is 7.19. The van der Waals surface area contributed by atoms with E-state index in [1.807, 2.05) is 6.07 Å². The Bertz CT molecular complexity index is 1150. The number of hydrogen-bond donors (Lipinski definition) is 1. The molecular weight excluding hydrogens is 428 g/mol. The lowest BCUT2D eigenvalue weighted by Crippen LogP contribution is -2.29. The lowest BCUT2D eigenvalue weighted by Gasteiger charge is -2.20. The van der Waals surface area contributed by atoms with Crippen molar-refractivity contribution in [3.05, 3.63) is 45.5 Å². The molecule has 2 amide bonds. The van der Waals surface area contributed by atoms with Crippen molar-refractivity contribution in [2.45, 2.75) is 19.4 Å². The number of nitrogens with one attached hydrogen (secondary N) is 1. The van der Waals surface area contributed by atoms with E-state index in [1.165, 1.54) is 15.6 Å². The zero-order valence-electron chi connectivity index (χ0n) is 15.1. The van der Waals surface area contributed by atoms with Gasteiger partial charge in [-0.3, -0.25) is 19.0 Å². The first-order chi connectivity index (χ1) is 13.5. The highest BCUT2D eigenvalue weighted by molar-refractivity contribution is 9.10. The fraction of sp³-hybridized carbons (Fsp3) is 0.278. The molecule has 4 rings (SSSR count). The van der Waals surface area contributed by atoms with Crippen LogP contribution in [0, 0.1) is 0 Å². The van der Waals surface area contributed by atoms with E-state index in [1.54, 1.807) is 30.1 Å². The van der Waals surface area contributed by atoms with Gasteiger partial charge in [0.25, 0.3) is 5.56 Å². The Balaban J connectivity index is 1.59. The standard InChI is InChI=1S/C18H17BrN6O3/c1-23-17-15(16(19)22-23)18(28)24(10-20-17)9-13(26)21-11-5-2-3-6-12(11)25-8-4-7-14(25)27/h2-3,5-6,10H,4,7-9H2,1H3,(H,21,26). The van der Waals surface area contributed by atoms with Gasteiger partial charge in [0.1, 0.15) is 22.9 Å². The van der Waals surface area contributed by atoms with Gasteiger partial charge in [0.15, 0.2) is 5.65 Å². The molecule has 1 N–H and O–H groups in total. The molecule has 0 saturated carbocycles. The predicted octanol–water partition coefficient (Wildman–Crippen LogP) is 1.66. The first-order valence-electron chi connectivity index (χ1n) is 8.72. The van der Waals surface area contributed by atoms with Gasteiger partial charge in [0, 0.05) is 20.0 Å². The largest absolute Gasteiger partial charge is 0.323 e. The Morgan fingerprint density at radius 3 is 2.82 bits per heavy atom. The minimum atomic E-state index is -0.387. The van der Waals surface area contributed by atoms with Crippen molar-refractivity contribution < 1.29 is 9.59 Å². The first kappa shape index (κ1) is 18.4. The highest BCUT2D eigenvalue weighted by Crippen LogP contribution is 2.29. The van der Waals surface area contributed by atoms with E-state index in [2.05, 4.69) is 31.3 Å². The van der Waals surface area contributed by atoms with Crippen LogP contribution in [0.3, 0.4) is 0 Å². The molecule has 9 nitrogen and oxygen atoms in total. The van der Waals surface area contributed by atoms with Crippen LogP contribution in [0.25, 0.3) is 11.0 Å². The zero-order chi connectivity index (χ0) is 19.8. The van der Waals surface area contributed by atoms with Gasteiger partial charge in [0.2, 0.25) is 11.8 Å². The molecule has 0 unspecified atom stereocenters. The van der Waals surface area contributed by atoms with Crippen molar-refractivity contribution >= 4 is 50.2 Å². The predicted molar refractivity (Wildman–Crippen MR) is 107 cm³/mol. The average Bonchev–Trinajstić information content (AvgIpc) is 3.21. The molecule has 0 aliphatic carbocycles. The number of hydrogen-bond acceptors (Lipinski definition) is 5. The number of amides is 2. The van der Waals surface area contributed by atoms with Gasteiger partial charge in [-0.25, -0.2) is 9.67 Å². The van der Waals surface area contributed by atoms with Gasteiger partial charge in [-0.05, 0) is 34.5 Å². The van der Waals surface area contributed by atoms with Gasteiger partial charge < -0.3 is 10.2 Å². The number of halogens is 1. The molecular formula is C18H17BrN6O3. The summed E-state index contributed by atoms with van der Waals surface area (Å²) in [6, 6.07) is 7.14. The smallest absolute Gasteiger partial charge is 0.266 e. The molecule has 0 atom stereocenters. The molecule has 3 aromatic rings. The fourth-order valence-electron chi connectivity index (χ4n) is 3.31. The molecule has 1 aliphatic heterocycles. The Morgan fingerprint density at radius 2 is 2.07 bits per heavy atom. The summed E-state index contributed by atoms with van der Waals surface area (Å²) < 4.78 is 3.11. The number of carbonyl (C=O) groups excluding carboxylic acids is 2. The Labute approximate surface area is 168 Å². The number of aryl methyl sites for hydroxylation is 1. The quantitative estimate of drug-likeness (QED) is 0.658. The van der Waals surface area contributed by atoms with Crippen molar-refractivity contribution in [2.24, 2.45) is 7.05 Å². The Hall–Kier alpha value is -3.01. The number of aromatic nitrogens is 4. The van der Waals surface area contributed by atoms with Crippen LogP contribution >= 0.6 is 15.9 Å². The normalized spacial score (nSPS) is 14.1. The SMILES string of the molecule is Cn1nc(Br)c2c(=O)n(CC(=O)Nc3ccccc3N3CCCC3=O)cnc21. The van der Waals surface area contributed by atoms with Crippen LogP contribution in [0.2, 0.25) is 0 Å². The second-order valence-corrected chi connectivity index (χ2v) is 7.26. The molecule has 0 spiro atoms. The molecule has 1 fully saturated rings. The third kappa shape index (κ3) is 3.19. The van der Waals surface area contributed by atoms with Crippen molar-refractivity contribution in [1.29, 1.82) is 0 Å². The summed E-state index contributed by atoms with van der Waals surface area (Å²) in [5.74, 6) is -0.351. The minimum absolute atomic E-state index is 0.0361. The molecule has 1 saturated heterocycles. The average molecular weight is 445 g/mol. The highest BCUT2D eigenvalue weighted by Gasteiger charge is 2.24. The van der Waals surface area contributed by atoms with Crippen LogP contribution in [-0.4, -0.2) is 37.7 Å². The Kier molecular flexibility index (Phi) is 4.71. The van der Waals surface area contributed by atoms with Gasteiger partial charge in [-0.2, -0.15) is 5.10 Å². The number of anilines is 2. The number of para-hydroxylation sites is 2. The fourth-order valence-corrected chi connectivity index (χ4v) is 3.89. The monoisotopic (exact) mass is 444 g/mol. The number of carbonyl (C=O) groups is 2. The summed E-state index contributed by atoms with van der Waals surface area (Å²) in [6.07, 6.45) is 2.62. The van der Waals surface area contributed by atoms with Gasteiger partial charge >= 0.3 is 0 Å². The summed E-state index contributed by atoms with van der Waals surface area (Å²) >= 11 is 3.25. The molecule has 1 aromatic carbocycles. The molecule has 10 heteroatoms. The van der Waals surface area contributed by atoms with Crippen molar-refractivity contribution in [1.82, 2.24) is 19.3 Å². The zero-order valence-corrected chi connectivity index (χ0v) is 16.6. The lowest BCUT2D eigenvalue weighted by molar-refractivity contribution is -0.117. The van der Waals surface area contributed by atoms with Gasteiger partial charge in [-0.15, -0.1) is 0 Å². The van der Waals surface area contributed by atoms with Crippen LogP contribution in [0.5, 0.6) is 0 Å². The van der Waals surface area contributed by atoms with Crippen LogP contribution in [0.15, 0.2) is 40.0 Å². The number of rotatable bonds is 4. The summed E-state index contributed by atoms with van der Waals surface area (Å²) in [6.45, 7) is 0.423. The lowest BCUT2D eigenvalue weighted by atomic mass is 10.2. The molecule has 1 aliphatic rings. The molecule has 28 heavy (non-hydrogen) atoms. The maximum Gasteiger partial charge on any atom is 0.266 e. The van der Waals surface area contributed by atoms with E-state index in [-0.39, 0.29) is 23.9 Å².